The number of fused-ring (bicyclic) bond motifs is 1. The van der Waals surface area contributed by atoms with Gasteiger partial charge in [-0.3, -0.25) is 4.68 Å². The highest BCUT2D eigenvalue weighted by Gasteiger charge is 2.27. The molecule has 6 heteroatoms. The lowest BCUT2D eigenvalue weighted by atomic mass is 10.2. The lowest BCUT2D eigenvalue weighted by Crippen LogP contribution is -2.41. The third-order valence-electron chi connectivity index (χ3n) is 2.84. The summed E-state index contributed by atoms with van der Waals surface area (Å²) in [4.78, 5) is 13.7. The quantitative estimate of drug-likeness (QED) is 0.739. The van der Waals surface area contributed by atoms with Crippen LogP contribution in [0.5, 0.6) is 0 Å². The summed E-state index contributed by atoms with van der Waals surface area (Å²) in [5, 5.41) is 4.37. The molecular formula is C12H18BrN3O2. The monoisotopic (exact) mass is 315 g/mol. The van der Waals surface area contributed by atoms with Gasteiger partial charge in [-0.05, 0) is 43.6 Å². The lowest BCUT2D eigenvalue weighted by molar-refractivity contribution is 0.0194. The molecule has 1 aromatic heterocycles. The smallest absolute Gasteiger partial charge is 0.410 e. The average Bonchev–Trinajstić information content (AvgIpc) is 2.52. The number of hydrogen-bond acceptors (Lipinski definition) is 3. The van der Waals surface area contributed by atoms with Gasteiger partial charge in [0.1, 0.15) is 10.2 Å². The molecule has 2 heterocycles. The van der Waals surface area contributed by atoms with Crippen LogP contribution in [0, 0.1) is 6.92 Å². The molecule has 1 aromatic rings. The molecule has 1 aliphatic rings. The summed E-state index contributed by atoms with van der Waals surface area (Å²) in [6, 6.07) is 0. The van der Waals surface area contributed by atoms with Gasteiger partial charge in [-0.15, -0.1) is 0 Å². The summed E-state index contributed by atoms with van der Waals surface area (Å²) < 4.78 is 8.18. The predicted molar refractivity (Wildman–Crippen MR) is 71.3 cm³/mol. The van der Waals surface area contributed by atoms with E-state index in [4.69, 9.17) is 4.74 Å². The Kier molecular flexibility index (Phi) is 3.40. The molecule has 0 N–H and O–H groups in total. The Morgan fingerprint density at radius 1 is 1.39 bits per heavy atom. The third kappa shape index (κ3) is 2.68. The van der Waals surface area contributed by atoms with Crippen molar-refractivity contribution in [1.82, 2.24) is 14.7 Å². The van der Waals surface area contributed by atoms with Gasteiger partial charge in [0.2, 0.25) is 0 Å². The molecule has 5 nitrogen and oxygen atoms in total. The molecule has 0 bridgehead atoms. The second-order valence-electron chi connectivity index (χ2n) is 5.49. The van der Waals surface area contributed by atoms with Crippen LogP contribution in [0.25, 0.3) is 0 Å². The molecule has 0 radical (unpaired) electrons. The Bertz CT molecular complexity index is 476. The van der Waals surface area contributed by atoms with Gasteiger partial charge in [0.25, 0.3) is 0 Å². The molecule has 0 fully saturated rings. The van der Waals surface area contributed by atoms with Gasteiger partial charge >= 0.3 is 6.09 Å². The molecule has 0 aromatic carbocycles. The maximum atomic E-state index is 12.0. The summed E-state index contributed by atoms with van der Waals surface area (Å²) in [7, 11) is 0. The first-order valence-corrected chi connectivity index (χ1v) is 6.77. The van der Waals surface area contributed by atoms with Crippen LogP contribution >= 0.6 is 15.9 Å². The van der Waals surface area contributed by atoms with E-state index < -0.39 is 5.60 Å². The van der Waals surface area contributed by atoms with Crippen LogP contribution < -0.4 is 0 Å². The summed E-state index contributed by atoms with van der Waals surface area (Å²) in [5.74, 6) is 0. The van der Waals surface area contributed by atoms with Crippen molar-refractivity contribution in [3.8, 4) is 0 Å². The fraction of sp³-hybridized carbons (Fsp3) is 0.667. The van der Waals surface area contributed by atoms with Gasteiger partial charge in [-0.25, -0.2) is 4.79 Å². The fourth-order valence-corrected chi connectivity index (χ4v) is 2.32. The largest absolute Gasteiger partial charge is 0.444 e. The summed E-state index contributed by atoms with van der Waals surface area (Å²) >= 11 is 3.42. The molecule has 0 saturated carbocycles. The Balaban J connectivity index is 2.12. The average molecular weight is 316 g/mol. The van der Waals surface area contributed by atoms with E-state index in [-0.39, 0.29) is 6.09 Å². The van der Waals surface area contributed by atoms with E-state index in [9.17, 15) is 4.79 Å². The zero-order valence-electron chi connectivity index (χ0n) is 11.2. The standard InChI is InChI=1S/C12H18BrN3O2/c1-8-9-7-15(11(17)18-12(2,3)4)5-6-16(9)14-10(8)13/h5-7H2,1-4H3. The maximum Gasteiger partial charge on any atom is 0.410 e. The van der Waals surface area contributed by atoms with Gasteiger partial charge in [0, 0.05) is 12.1 Å². The zero-order valence-corrected chi connectivity index (χ0v) is 12.7. The van der Waals surface area contributed by atoms with Crippen LogP contribution in [0.3, 0.4) is 0 Å². The molecule has 18 heavy (non-hydrogen) atoms. The van der Waals surface area contributed by atoms with Gasteiger partial charge < -0.3 is 9.64 Å². The van der Waals surface area contributed by atoms with Crippen molar-refractivity contribution >= 4 is 22.0 Å². The minimum Gasteiger partial charge on any atom is -0.444 e. The molecule has 0 atom stereocenters. The number of aromatic nitrogens is 2. The molecule has 2 rings (SSSR count). The van der Waals surface area contributed by atoms with Crippen molar-refractivity contribution in [3.63, 3.8) is 0 Å². The highest BCUT2D eigenvalue weighted by Crippen LogP contribution is 2.24. The topological polar surface area (TPSA) is 47.4 Å². The number of amides is 1. The Hall–Kier alpha value is -1.04. The number of hydrogen-bond donors (Lipinski definition) is 0. The highest BCUT2D eigenvalue weighted by molar-refractivity contribution is 9.10. The first kappa shape index (κ1) is 13.4. The second kappa shape index (κ2) is 4.57. The molecular weight excluding hydrogens is 298 g/mol. The van der Waals surface area contributed by atoms with E-state index in [0.717, 1.165) is 15.9 Å². The van der Waals surface area contributed by atoms with E-state index in [1.165, 1.54) is 0 Å². The van der Waals surface area contributed by atoms with Crippen LogP contribution in [-0.4, -0.2) is 32.9 Å². The van der Waals surface area contributed by atoms with Crippen LogP contribution in [-0.2, 0) is 17.8 Å². The third-order valence-corrected chi connectivity index (χ3v) is 3.59. The van der Waals surface area contributed by atoms with Gasteiger partial charge in [0.05, 0.1) is 18.8 Å². The van der Waals surface area contributed by atoms with Crippen molar-refractivity contribution in [2.75, 3.05) is 6.54 Å². The zero-order chi connectivity index (χ0) is 13.5. The number of rotatable bonds is 0. The Labute approximate surface area is 115 Å². The van der Waals surface area contributed by atoms with E-state index in [1.807, 2.05) is 32.4 Å². The molecule has 0 saturated heterocycles. The van der Waals surface area contributed by atoms with Gasteiger partial charge in [-0.2, -0.15) is 5.10 Å². The first-order valence-electron chi connectivity index (χ1n) is 5.97. The SMILES string of the molecule is Cc1c(Br)nn2c1CN(C(=O)OC(C)(C)C)CC2. The lowest BCUT2D eigenvalue weighted by Gasteiger charge is -2.30. The number of nitrogens with zero attached hydrogens (tertiary/aromatic N) is 3. The second-order valence-corrected chi connectivity index (χ2v) is 6.24. The Morgan fingerprint density at radius 3 is 2.67 bits per heavy atom. The summed E-state index contributed by atoms with van der Waals surface area (Å²) in [6.07, 6.45) is -0.259. The predicted octanol–water partition coefficient (Wildman–Crippen LogP) is 2.70. The van der Waals surface area contributed by atoms with Crippen LogP contribution in [0.1, 0.15) is 32.0 Å². The van der Waals surface area contributed by atoms with Crippen LogP contribution in [0.4, 0.5) is 4.79 Å². The number of ether oxygens (including phenoxy) is 1. The van der Waals surface area contributed by atoms with Crippen molar-refractivity contribution in [1.29, 1.82) is 0 Å². The summed E-state index contributed by atoms with van der Waals surface area (Å²) in [6.45, 7) is 9.53. The molecule has 0 aliphatic carbocycles. The van der Waals surface area contributed by atoms with Gasteiger partial charge in [-0.1, -0.05) is 0 Å². The van der Waals surface area contributed by atoms with Crippen molar-refractivity contribution in [2.45, 2.75) is 46.4 Å². The molecule has 1 aliphatic heterocycles. The van der Waals surface area contributed by atoms with Crippen molar-refractivity contribution in [2.24, 2.45) is 0 Å². The minimum atomic E-state index is -0.454. The number of carbonyl (C=O) groups is 1. The van der Waals surface area contributed by atoms with Gasteiger partial charge in [0.15, 0.2) is 0 Å². The fourth-order valence-electron chi connectivity index (χ4n) is 1.90. The van der Waals surface area contributed by atoms with E-state index >= 15 is 0 Å². The van der Waals surface area contributed by atoms with Crippen LogP contribution in [0.2, 0.25) is 0 Å². The van der Waals surface area contributed by atoms with E-state index in [2.05, 4.69) is 21.0 Å². The molecule has 1 amide bonds. The van der Waals surface area contributed by atoms with Crippen molar-refractivity contribution < 1.29 is 9.53 Å². The highest BCUT2D eigenvalue weighted by atomic mass is 79.9. The summed E-state index contributed by atoms with van der Waals surface area (Å²) in [5.41, 5.74) is 1.70. The van der Waals surface area contributed by atoms with E-state index in [1.54, 1.807) is 4.90 Å². The molecule has 0 unspecified atom stereocenters. The number of halogens is 1. The number of carbonyl (C=O) groups excluding carboxylic acids is 1. The molecule has 0 spiro atoms. The Morgan fingerprint density at radius 2 is 2.06 bits per heavy atom. The maximum absolute atomic E-state index is 12.0. The normalized spacial score (nSPS) is 15.5. The first-order chi connectivity index (χ1) is 8.28. The minimum absolute atomic E-state index is 0.259. The van der Waals surface area contributed by atoms with Crippen molar-refractivity contribution in [3.05, 3.63) is 15.9 Å². The molecule has 100 valence electrons. The van der Waals surface area contributed by atoms with E-state index in [0.29, 0.717) is 19.6 Å². The van der Waals surface area contributed by atoms with Crippen LogP contribution in [0.15, 0.2) is 4.60 Å².